The molecule has 1 aliphatic carbocycles. The van der Waals surface area contributed by atoms with Crippen molar-refractivity contribution in [3.8, 4) is 22.3 Å². The van der Waals surface area contributed by atoms with Gasteiger partial charge in [0, 0.05) is 11.0 Å². The third-order valence-electron chi connectivity index (χ3n) is 6.89. The topological polar surface area (TPSA) is 36.8 Å². The molecule has 1 atom stereocenters. The van der Waals surface area contributed by atoms with Crippen molar-refractivity contribution in [1.82, 2.24) is 5.32 Å². The first-order valence-electron chi connectivity index (χ1n) is 11.5. The minimum absolute atomic E-state index is 0.0235. The molecule has 0 saturated carbocycles. The van der Waals surface area contributed by atoms with Gasteiger partial charge in [-0.15, -0.1) is 0 Å². The van der Waals surface area contributed by atoms with Gasteiger partial charge < -0.3 is 5.32 Å². The molecule has 0 aromatic heterocycles. The normalized spacial score (nSPS) is 17.8. The predicted octanol–water partition coefficient (Wildman–Crippen LogP) is 7.30. The van der Waals surface area contributed by atoms with Crippen LogP contribution in [0.3, 0.4) is 0 Å². The second-order valence-electron chi connectivity index (χ2n) is 9.32. The molecule has 1 N–H and O–H groups in total. The van der Waals surface area contributed by atoms with Crippen LogP contribution in [0, 0.1) is 0 Å². The molecule has 3 nitrogen and oxygen atoms in total. The van der Waals surface area contributed by atoms with Crippen molar-refractivity contribution in [2.45, 2.75) is 25.4 Å². The summed E-state index contributed by atoms with van der Waals surface area (Å²) < 4.78 is 0. The van der Waals surface area contributed by atoms with E-state index in [-0.39, 0.29) is 11.6 Å². The lowest BCUT2D eigenvalue weighted by atomic mass is 9.82. The molecule has 166 valence electrons. The van der Waals surface area contributed by atoms with Crippen molar-refractivity contribution in [1.29, 1.82) is 0 Å². The summed E-state index contributed by atoms with van der Waals surface area (Å²) in [6, 6.07) is 33.9. The summed E-state index contributed by atoms with van der Waals surface area (Å²) in [6.07, 6.45) is -0.290. The summed E-state index contributed by atoms with van der Waals surface area (Å²) in [5.41, 5.74) is 9.55. The van der Waals surface area contributed by atoms with Crippen LogP contribution in [0.5, 0.6) is 0 Å². The molecule has 34 heavy (non-hydrogen) atoms. The maximum Gasteiger partial charge on any atom is 0.199 e. The Morgan fingerprint density at radius 3 is 2.15 bits per heavy atom. The van der Waals surface area contributed by atoms with Crippen molar-refractivity contribution in [2.24, 2.45) is 9.98 Å². The molecule has 4 aromatic rings. The largest absolute Gasteiger partial charge is 0.335 e. The van der Waals surface area contributed by atoms with Crippen molar-refractivity contribution >= 4 is 22.7 Å². The molecular formula is C30H24ClN3. The van der Waals surface area contributed by atoms with Crippen LogP contribution in [0.4, 0.5) is 0 Å². The van der Waals surface area contributed by atoms with Crippen LogP contribution in [0.2, 0.25) is 0 Å². The fourth-order valence-electron chi connectivity index (χ4n) is 5.07. The fraction of sp³-hybridized carbons (Fsp3) is 0.133. The number of nitrogens with zero attached hydrogens (tertiary/aromatic N) is 2. The highest BCUT2D eigenvalue weighted by Crippen LogP contribution is 2.48. The number of hydrogen-bond donors (Lipinski definition) is 1. The number of aliphatic imine (C=N–C) groups is 2. The first-order valence-corrected chi connectivity index (χ1v) is 11.9. The molecule has 0 radical (unpaired) electrons. The Morgan fingerprint density at radius 2 is 1.35 bits per heavy atom. The van der Waals surface area contributed by atoms with Crippen LogP contribution in [0.1, 0.15) is 42.3 Å². The monoisotopic (exact) mass is 461 g/mol. The molecule has 1 unspecified atom stereocenters. The van der Waals surface area contributed by atoms with Gasteiger partial charge in [-0.25, -0.2) is 9.98 Å². The second kappa shape index (κ2) is 7.96. The van der Waals surface area contributed by atoms with Crippen molar-refractivity contribution in [2.75, 3.05) is 0 Å². The molecule has 1 aliphatic heterocycles. The molecule has 0 fully saturated rings. The Labute approximate surface area is 204 Å². The summed E-state index contributed by atoms with van der Waals surface area (Å²) >= 11 is 6.43. The lowest BCUT2D eigenvalue weighted by Gasteiger charge is -2.22. The highest BCUT2D eigenvalue weighted by Gasteiger charge is 2.35. The van der Waals surface area contributed by atoms with E-state index >= 15 is 0 Å². The third kappa shape index (κ3) is 3.44. The highest BCUT2D eigenvalue weighted by molar-refractivity contribution is 6.65. The van der Waals surface area contributed by atoms with Gasteiger partial charge >= 0.3 is 0 Å². The Morgan fingerprint density at radius 1 is 0.706 bits per heavy atom. The Balaban J connectivity index is 1.36. The first kappa shape index (κ1) is 20.9. The van der Waals surface area contributed by atoms with E-state index in [0.29, 0.717) is 11.1 Å². The Kier molecular flexibility index (Phi) is 4.89. The zero-order chi connectivity index (χ0) is 23.3. The lowest BCUT2D eigenvalue weighted by molar-refractivity contribution is 0.660. The molecule has 0 amide bonds. The average Bonchev–Trinajstić information content (AvgIpc) is 3.11. The minimum atomic E-state index is -0.290. The summed E-state index contributed by atoms with van der Waals surface area (Å²) in [7, 11) is 0. The third-order valence-corrected chi connectivity index (χ3v) is 7.08. The smallest absolute Gasteiger partial charge is 0.199 e. The van der Waals surface area contributed by atoms with E-state index in [1.54, 1.807) is 0 Å². The number of hydrogen-bond acceptors (Lipinski definition) is 3. The zero-order valence-corrected chi connectivity index (χ0v) is 19.8. The number of halogens is 1. The summed E-state index contributed by atoms with van der Waals surface area (Å²) in [5, 5.41) is 3.55. The van der Waals surface area contributed by atoms with E-state index < -0.39 is 0 Å². The fourth-order valence-corrected chi connectivity index (χ4v) is 5.25. The minimum Gasteiger partial charge on any atom is -0.335 e. The predicted molar refractivity (Wildman–Crippen MR) is 142 cm³/mol. The second-order valence-corrected chi connectivity index (χ2v) is 9.68. The van der Waals surface area contributed by atoms with Gasteiger partial charge in [0.15, 0.2) is 11.1 Å². The molecular weight excluding hydrogens is 438 g/mol. The Bertz CT molecular complexity index is 1450. The van der Waals surface area contributed by atoms with Crippen molar-refractivity contribution < 1.29 is 0 Å². The lowest BCUT2D eigenvalue weighted by Crippen LogP contribution is -2.29. The van der Waals surface area contributed by atoms with Gasteiger partial charge in [-0.1, -0.05) is 105 Å². The van der Waals surface area contributed by atoms with Gasteiger partial charge in [-0.05, 0) is 56.6 Å². The molecule has 2 aliphatic rings. The van der Waals surface area contributed by atoms with E-state index in [2.05, 4.69) is 115 Å². The summed E-state index contributed by atoms with van der Waals surface area (Å²) in [5.74, 6) is 0.644. The Hall–Kier alpha value is -3.69. The first-order chi connectivity index (χ1) is 16.5. The van der Waals surface area contributed by atoms with Crippen LogP contribution >= 0.6 is 11.6 Å². The number of benzene rings is 4. The van der Waals surface area contributed by atoms with Gasteiger partial charge in [0.25, 0.3) is 0 Å². The average molecular weight is 462 g/mol. The number of rotatable bonds is 3. The van der Waals surface area contributed by atoms with Gasteiger partial charge in [-0.3, -0.25) is 0 Å². The number of fused-ring (bicyclic) bond motifs is 3. The van der Waals surface area contributed by atoms with E-state index in [0.717, 1.165) is 11.1 Å². The van der Waals surface area contributed by atoms with Crippen LogP contribution < -0.4 is 5.32 Å². The molecule has 0 saturated heterocycles. The van der Waals surface area contributed by atoms with E-state index in [1.807, 2.05) is 6.07 Å². The van der Waals surface area contributed by atoms with Gasteiger partial charge in [-0.2, -0.15) is 0 Å². The van der Waals surface area contributed by atoms with Crippen LogP contribution in [0.25, 0.3) is 22.3 Å². The maximum absolute atomic E-state index is 6.43. The molecule has 6 rings (SSSR count). The standard InChI is InChI=1S/C30H24ClN3/c1-30(2)25-11-7-6-10-23(25)24-18-22(16-17-26(24)30)28-32-27(33-29(31)34-28)21-14-12-20(13-15-21)19-8-4-3-5-9-19/h3-18,27H,1-2H3,(H,32,33,34). The van der Waals surface area contributed by atoms with Gasteiger partial charge in [0.2, 0.25) is 0 Å². The van der Waals surface area contributed by atoms with Crippen molar-refractivity contribution in [3.63, 3.8) is 0 Å². The maximum atomic E-state index is 6.43. The van der Waals surface area contributed by atoms with E-state index in [1.165, 1.54) is 33.4 Å². The van der Waals surface area contributed by atoms with E-state index in [4.69, 9.17) is 16.6 Å². The molecule has 1 heterocycles. The molecule has 4 heteroatoms. The van der Waals surface area contributed by atoms with Gasteiger partial charge in [0.1, 0.15) is 6.17 Å². The van der Waals surface area contributed by atoms with Gasteiger partial charge in [0.05, 0.1) is 0 Å². The summed E-state index contributed by atoms with van der Waals surface area (Å²) in [6.45, 7) is 4.56. The molecule has 4 aromatic carbocycles. The SMILES string of the molecule is CC1(C)c2ccccc2-c2cc(C3=NC(c4ccc(-c5ccccc5)cc4)NC(Cl)=N3)ccc21. The van der Waals surface area contributed by atoms with E-state index in [9.17, 15) is 0 Å². The number of nitrogens with one attached hydrogen (secondary N) is 1. The summed E-state index contributed by atoms with van der Waals surface area (Å²) in [4.78, 5) is 9.46. The van der Waals surface area contributed by atoms with Crippen molar-refractivity contribution in [3.05, 3.63) is 119 Å². The van der Waals surface area contributed by atoms with Crippen LogP contribution in [-0.2, 0) is 5.41 Å². The zero-order valence-electron chi connectivity index (χ0n) is 19.1. The molecule has 0 bridgehead atoms. The number of amidine groups is 2. The van der Waals surface area contributed by atoms with Crippen LogP contribution in [-0.4, -0.2) is 11.1 Å². The van der Waals surface area contributed by atoms with Crippen LogP contribution in [0.15, 0.2) is 107 Å². The highest BCUT2D eigenvalue weighted by atomic mass is 35.5. The quantitative estimate of drug-likeness (QED) is 0.319. The molecule has 0 spiro atoms.